The van der Waals surface area contributed by atoms with E-state index >= 15 is 0 Å². The topological polar surface area (TPSA) is 56.8 Å². The minimum atomic E-state index is 0.101. The molecule has 1 aliphatic rings. The number of hydrogen-bond donors (Lipinski definition) is 1. The summed E-state index contributed by atoms with van der Waals surface area (Å²) >= 11 is 0. The van der Waals surface area contributed by atoms with Crippen LogP contribution in [0.4, 0.5) is 0 Å². The number of nitrogens with one attached hydrogen (secondary N) is 1. The SMILES string of the molecule is COCCCNC(=O)CC1CCc2cc(OC)c(OC)cc21. The zero-order valence-electron chi connectivity index (χ0n) is 13.6. The first-order valence-corrected chi connectivity index (χ1v) is 7.70. The molecule has 0 fully saturated rings. The fraction of sp³-hybridized carbons (Fsp3) is 0.588. The van der Waals surface area contributed by atoms with E-state index < -0.39 is 0 Å². The first-order valence-electron chi connectivity index (χ1n) is 7.70. The van der Waals surface area contributed by atoms with Gasteiger partial charge in [-0.2, -0.15) is 0 Å². The van der Waals surface area contributed by atoms with Gasteiger partial charge in [0, 0.05) is 26.7 Å². The van der Waals surface area contributed by atoms with E-state index in [1.54, 1.807) is 21.3 Å². The Balaban J connectivity index is 1.98. The molecule has 5 nitrogen and oxygen atoms in total. The molecule has 0 aromatic heterocycles. The van der Waals surface area contributed by atoms with E-state index in [1.165, 1.54) is 11.1 Å². The normalized spacial score (nSPS) is 16.2. The van der Waals surface area contributed by atoms with Gasteiger partial charge in [0.2, 0.25) is 5.91 Å². The Morgan fingerprint density at radius 3 is 2.64 bits per heavy atom. The summed E-state index contributed by atoms with van der Waals surface area (Å²) in [5.41, 5.74) is 2.47. The highest BCUT2D eigenvalue weighted by molar-refractivity contribution is 5.77. The summed E-state index contributed by atoms with van der Waals surface area (Å²) in [6.45, 7) is 1.34. The second-order valence-corrected chi connectivity index (χ2v) is 5.54. The van der Waals surface area contributed by atoms with Gasteiger partial charge in [-0.15, -0.1) is 0 Å². The number of carbonyl (C=O) groups excluding carboxylic acids is 1. The summed E-state index contributed by atoms with van der Waals surface area (Å²) in [6.07, 6.45) is 3.35. The number of methoxy groups -OCH3 is 3. The van der Waals surface area contributed by atoms with Gasteiger partial charge in [-0.1, -0.05) is 0 Å². The van der Waals surface area contributed by atoms with E-state index in [1.807, 2.05) is 12.1 Å². The van der Waals surface area contributed by atoms with Crippen molar-refractivity contribution in [2.45, 2.75) is 31.6 Å². The van der Waals surface area contributed by atoms with Crippen molar-refractivity contribution in [3.63, 3.8) is 0 Å². The maximum Gasteiger partial charge on any atom is 0.220 e. The standard InChI is InChI=1S/C17H25NO4/c1-20-8-4-7-18-17(19)10-13-6-5-12-9-15(21-2)16(22-3)11-14(12)13/h9,11,13H,4-8,10H2,1-3H3,(H,18,19). The van der Waals surface area contributed by atoms with Crippen molar-refractivity contribution in [3.05, 3.63) is 23.3 Å². The Morgan fingerprint density at radius 1 is 1.23 bits per heavy atom. The molecule has 5 heteroatoms. The molecule has 0 spiro atoms. The third kappa shape index (κ3) is 3.91. The van der Waals surface area contributed by atoms with Gasteiger partial charge >= 0.3 is 0 Å². The Bertz CT molecular complexity index is 516. The van der Waals surface area contributed by atoms with E-state index in [2.05, 4.69) is 5.32 Å². The molecule has 1 aliphatic carbocycles. The van der Waals surface area contributed by atoms with Crippen molar-refractivity contribution in [2.24, 2.45) is 0 Å². The number of fused-ring (bicyclic) bond motifs is 1. The summed E-state index contributed by atoms with van der Waals surface area (Å²) in [5.74, 6) is 1.85. The van der Waals surface area contributed by atoms with Crippen LogP contribution in [0.2, 0.25) is 0 Å². The summed E-state index contributed by atoms with van der Waals surface area (Å²) in [5, 5.41) is 2.95. The van der Waals surface area contributed by atoms with E-state index in [4.69, 9.17) is 14.2 Å². The monoisotopic (exact) mass is 307 g/mol. The van der Waals surface area contributed by atoms with Gasteiger partial charge in [-0.25, -0.2) is 0 Å². The van der Waals surface area contributed by atoms with Crippen LogP contribution in [0.1, 0.15) is 36.3 Å². The third-order valence-electron chi connectivity index (χ3n) is 4.13. The molecule has 0 radical (unpaired) electrons. The molecule has 1 unspecified atom stereocenters. The minimum absolute atomic E-state index is 0.101. The molecule has 0 aliphatic heterocycles. The lowest BCUT2D eigenvalue weighted by Crippen LogP contribution is -2.26. The zero-order valence-corrected chi connectivity index (χ0v) is 13.6. The average molecular weight is 307 g/mol. The van der Waals surface area contributed by atoms with Crippen LogP contribution >= 0.6 is 0 Å². The van der Waals surface area contributed by atoms with Gasteiger partial charge in [0.25, 0.3) is 0 Å². The van der Waals surface area contributed by atoms with Crippen molar-refractivity contribution < 1.29 is 19.0 Å². The van der Waals surface area contributed by atoms with Crippen LogP contribution in [-0.4, -0.2) is 40.4 Å². The van der Waals surface area contributed by atoms with Crippen LogP contribution in [-0.2, 0) is 16.0 Å². The van der Waals surface area contributed by atoms with Crippen molar-refractivity contribution in [1.29, 1.82) is 0 Å². The number of aryl methyl sites for hydroxylation is 1. The van der Waals surface area contributed by atoms with E-state index in [9.17, 15) is 4.79 Å². The third-order valence-corrected chi connectivity index (χ3v) is 4.13. The lowest BCUT2D eigenvalue weighted by atomic mass is 9.97. The molecule has 22 heavy (non-hydrogen) atoms. The molecule has 1 aromatic rings. The molecule has 1 N–H and O–H groups in total. The second-order valence-electron chi connectivity index (χ2n) is 5.54. The van der Waals surface area contributed by atoms with Crippen LogP contribution in [0.15, 0.2) is 12.1 Å². The van der Waals surface area contributed by atoms with Gasteiger partial charge in [-0.05, 0) is 48.4 Å². The van der Waals surface area contributed by atoms with Gasteiger partial charge in [0.15, 0.2) is 11.5 Å². The molecule has 0 bridgehead atoms. The van der Waals surface area contributed by atoms with Crippen molar-refractivity contribution >= 4 is 5.91 Å². The van der Waals surface area contributed by atoms with Crippen LogP contribution in [0.3, 0.4) is 0 Å². The number of amides is 1. The quantitative estimate of drug-likeness (QED) is 0.749. The number of carbonyl (C=O) groups is 1. The number of benzene rings is 1. The number of hydrogen-bond acceptors (Lipinski definition) is 4. The molecular weight excluding hydrogens is 282 g/mol. The molecule has 122 valence electrons. The fourth-order valence-electron chi connectivity index (χ4n) is 2.97. The summed E-state index contributed by atoms with van der Waals surface area (Å²) in [6, 6.07) is 4.05. The van der Waals surface area contributed by atoms with E-state index in [-0.39, 0.29) is 11.8 Å². The Morgan fingerprint density at radius 2 is 1.95 bits per heavy atom. The second kappa shape index (κ2) is 8.03. The predicted molar refractivity (Wildman–Crippen MR) is 84.7 cm³/mol. The van der Waals surface area contributed by atoms with E-state index in [0.717, 1.165) is 30.8 Å². The van der Waals surface area contributed by atoms with Crippen LogP contribution in [0, 0.1) is 0 Å². The largest absolute Gasteiger partial charge is 0.493 e. The number of ether oxygens (including phenoxy) is 3. The Hall–Kier alpha value is -1.75. The summed E-state index contributed by atoms with van der Waals surface area (Å²) in [4.78, 5) is 12.0. The smallest absolute Gasteiger partial charge is 0.220 e. The van der Waals surface area contributed by atoms with Gasteiger partial charge in [0.1, 0.15) is 0 Å². The predicted octanol–water partition coefficient (Wildman–Crippen LogP) is 2.28. The molecule has 1 aromatic carbocycles. The fourth-order valence-corrected chi connectivity index (χ4v) is 2.97. The lowest BCUT2D eigenvalue weighted by Gasteiger charge is -2.14. The highest BCUT2D eigenvalue weighted by atomic mass is 16.5. The number of rotatable bonds is 8. The average Bonchev–Trinajstić information content (AvgIpc) is 2.92. The van der Waals surface area contributed by atoms with Crippen LogP contribution < -0.4 is 14.8 Å². The van der Waals surface area contributed by atoms with Crippen molar-refractivity contribution in [1.82, 2.24) is 5.32 Å². The lowest BCUT2D eigenvalue weighted by molar-refractivity contribution is -0.121. The maximum atomic E-state index is 12.0. The van der Waals surface area contributed by atoms with Crippen molar-refractivity contribution in [2.75, 3.05) is 34.5 Å². The summed E-state index contributed by atoms with van der Waals surface area (Å²) < 4.78 is 15.7. The minimum Gasteiger partial charge on any atom is -0.493 e. The highest BCUT2D eigenvalue weighted by Gasteiger charge is 2.26. The Kier molecular flexibility index (Phi) is 6.07. The molecule has 0 saturated heterocycles. The van der Waals surface area contributed by atoms with Crippen LogP contribution in [0.25, 0.3) is 0 Å². The first kappa shape index (κ1) is 16.6. The van der Waals surface area contributed by atoms with Gasteiger partial charge in [-0.3, -0.25) is 4.79 Å². The zero-order chi connectivity index (χ0) is 15.9. The molecule has 1 amide bonds. The molecule has 2 rings (SSSR count). The van der Waals surface area contributed by atoms with E-state index in [0.29, 0.717) is 19.6 Å². The highest BCUT2D eigenvalue weighted by Crippen LogP contribution is 2.41. The molecular formula is C17H25NO4. The first-order chi connectivity index (χ1) is 10.7. The van der Waals surface area contributed by atoms with Gasteiger partial charge in [0.05, 0.1) is 14.2 Å². The molecule has 0 saturated carbocycles. The summed E-state index contributed by atoms with van der Waals surface area (Å²) in [7, 11) is 4.94. The van der Waals surface area contributed by atoms with Gasteiger partial charge < -0.3 is 19.5 Å². The van der Waals surface area contributed by atoms with Crippen LogP contribution in [0.5, 0.6) is 11.5 Å². The van der Waals surface area contributed by atoms with Crippen molar-refractivity contribution in [3.8, 4) is 11.5 Å². The maximum absolute atomic E-state index is 12.0. The molecule has 1 atom stereocenters. The Labute approximate surface area is 131 Å². The molecule has 0 heterocycles.